The van der Waals surface area contributed by atoms with Gasteiger partial charge in [-0.1, -0.05) is 6.07 Å². The molecule has 2 aromatic rings. The van der Waals surface area contributed by atoms with Crippen molar-refractivity contribution >= 4 is 40.9 Å². The van der Waals surface area contributed by atoms with E-state index in [-0.39, 0.29) is 5.28 Å². The van der Waals surface area contributed by atoms with Crippen LogP contribution in [0.25, 0.3) is 0 Å². The van der Waals surface area contributed by atoms with Gasteiger partial charge in [0.15, 0.2) is 0 Å². The predicted octanol–water partition coefficient (Wildman–Crippen LogP) is 3.59. The van der Waals surface area contributed by atoms with Crippen molar-refractivity contribution in [3.05, 3.63) is 29.5 Å². The van der Waals surface area contributed by atoms with E-state index in [0.717, 1.165) is 18.8 Å². The zero-order chi connectivity index (χ0) is 14.7. The van der Waals surface area contributed by atoms with Crippen molar-refractivity contribution in [2.24, 2.45) is 0 Å². The quantitative estimate of drug-likeness (QED) is 0.868. The highest BCUT2D eigenvalue weighted by molar-refractivity contribution is 7.98. The van der Waals surface area contributed by atoms with Crippen LogP contribution in [0.1, 0.15) is 12.8 Å². The first-order chi connectivity index (χ1) is 10.2. The summed E-state index contributed by atoms with van der Waals surface area (Å²) >= 11 is 7.71. The highest BCUT2D eigenvalue weighted by Crippen LogP contribution is 2.23. The normalized spacial score (nSPS) is 14.5. The fourth-order valence-electron chi connectivity index (χ4n) is 2.28. The Labute approximate surface area is 133 Å². The van der Waals surface area contributed by atoms with Gasteiger partial charge in [-0.25, -0.2) is 0 Å². The summed E-state index contributed by atoms with van der Waals surface area (Å²) in [5.41, 5.74) is 0.941. The van der Waals surface area contributed by atoms with Crippen LogP contribution in [0.15, 0.2) is 29.2 Å². The Kier molecular flexibility index (Phi) is 4.45. The molecule has 1 N–H and O–H groups in total. The molecule has 0 amide bonds. The van der Waals surface area contributed by atoms with Gasteiger partial charge >= 0.3 is 0 Å². The second kappa shape index (κ2) is 6.49. The monoisotopic (exact) mass is 321 g/mol. The number of rotatable bonds is 4. The Bertz CT molecular complexity index is 631. The second-order valence-electron chi connectivity index (χ2n) is 4.78. The molecule has 0 bridgehead atoms. The minimum absolute atomic E-state index is 0.218. The Balaban J connectivity index is 1.84. The number of hydrogen-bond donors (Lipinski definition) is 1. The maximum absolute atomic E-state index is 6.02. The summed E-state index contributed by atoms with van der Waals surface area (Å²) in [4.78, 5) is 16.2. The van der Waals surface area contributed by atoms with Gasteiger partial charge in [0.1, 0.15) is 0 Å². The van der Waals surface area contributed by atoms with Crippen LogP contribution in [0.3, 0.4) is 0 Å². The molecule has 0 atom stereocenters. The van der Waals surface area contributed by atoms with Crippen LogP contribution in [-0.2, 0) is 0 Å². The van der Waals surface area contributed by atoms with Gasteiger partial charge in [-0.05, 0) is 48.9 Å². The first-order valence-electron chi connectivity index (χ1n) is 6.82. The van der Waals surface area contributed by atoms with Crippen LogP contribution in [0.2, 0.25) is 5.28 Å². The van der Waals surface area contributed by atoms with Gasteiger partial charge in [0.25, 0.3) is 0 Å². The zero-order valence-electron chi connectivity index (χ0n) is 11.7. The number of benzene rings is 1. The summed E-state index contributed by atoms with van der Waals surface area (Å²) in [6.07, 6.45) is 4.38. The van der Waals surface area contributed by atoms with Crippen molar-refractivity contribution in [3.63, 3.8) is 0 Å². The molecule has 1 aliphatic heterocycles. The van der Waals surface area contributed by atoms with Crippen molar-refractivity contribution in [1.29, 1.82) is 0 Å². The lowest BCUT2D eigenvalue weighted by molar-refractivity contribution is 0.883. The number of anilines is 3. The van der Waals surface area contributed by atoms with Gasteiger partial charge in [-0.15, -0.1) is 11.8 Å². The lowest BCUT2D eigenvalue weighted by Crippen LogP contribution is -2.21. The molecule has 1 saturated heterocycles. The minimum Gasteiger partial charge on any atom is -0.341 e. The molecule has 1 aromatic carbocycles. The van der Waals surface area contributed by atoms with E-state index >= 15 is 0 Å². The van der Waals surface area contributed by atoms with Crippen molar-refractivity contribution in [1.82, 2.24) is 15.0 Å². The predicted molar refractivity (Wildman–Crippen MR) is 87.8 cm³/mol. The zero-order valence-corrected chi connectivity index (χ0v) is 13.3. The van der Waals surface area contributed by atoms with Crippen molar-refractivity contribution in [3.8, 4) is 0 Å². The van der Waals surface area contributed by atoms with Crippen molar-refractivity contribution < 1.29 is 0 Å². The fourth-order valence-corrected chi connectivity index (χ4v) is 2.90. The van der Waals surface area contributed by atoms with E-state index < -0.39 is 0 Å². The molecule has 1 aliphatic rings. The molecule has 0 unspecified atom stereocenters. The molecular formula is C14H16ClN5S. The number of halogens is 1. The molecule has 7 heteroatoms. The molecule has 0 saturated carbocycles. The van der Waals surface area contributed by atoms with Crippen LogP contribution >= 0.6 is 23.4 Å². The van der Waals surface area contributed by atoms with E-state index in [0.29, 0.717) is 11.9 Å². The maximum atomic E-state index is 6.02. The number of thioether (sulfide) groups is 1. The summed E-state index contributed by atoms with van der Waals surface area (Å²) in [6.45, 7) is 1.95. The van der Waals surface area contributed by atoms with Crippen molar-refractivity contribution in [2.75, 3.05) is 29.6 Å². The second-order valence-corrected chi connectivity index (χ2v) is 6.00. The van der Waals surface area contributed by atoms with E-state index in [9.17, 15) is 0 Å². The smallest absolute Gasteiger partial charge is 0.233 e. The van der Waals surface area contributed by atoms with Gasteiger partial charge in [0, 0.05) is 23.7 Å². The van der Waals surface area contributed by atoms with Gasteiger partial charge in [0.2, 0.25) is 17.2 Å². The molecule has 2 heterocycles. The minimum atomic E-state index is 0.218. The van der Waals surface area contributed by atoms with E-state index in [2.05, 4.69) is 37.3 Å². The van der Waals surface area contributed by atoms with Crippen LogP contribution < -0.4 is 10.2 Å². The third-order valence-electron chi connectivity index (χ3n) is 3.31. The van der Waals surface area contributed by atoms with E-state index in [1.807, 2.05) is 18.4 Å². The van der Waals surface area contributed by atoms with Gasteiger partial charge in [0.05, 0.1) is 0 Å². The average molecular weight is 322 g/mol. The molecule has 0 spiro atoms. The molecule has 5 nitrogen and oxygen atoms in total. The molecule has 1 fully saturated rings. The molecular weight excluding hydrogens is 306 g/mol. The number of nitrogens with one attached hydrogen (secondary N) is 1. The Morgan fingerprint density at radius 3 is 2.76 bits per heavy atom. The van der Waals surface area contributed by atoms with Crippen LogP contribution in [0, 0.1) is 0 Å². The van der Waals surface area contributed by atoms with Crippen molar-refractivity contribution in [2.45, 2.75) is 17.7 Å². The van der Waals surface area contributed by atoms with Gasteiger partial charge < -0.3 is 10.2 Å². The molecule has 3 rings (SSSR count). The number of nitrogens with zero attached hydrogens (tertiary/aromatic N) is 4. The topological polar surface area (TPSA) is 53.9 Å². The summed E-state index contributed by atoms with van der Waals surface area (Å²) in [5, 5.41) is 3.41. The number of aromatic nitrogens is 3. The van der Waals surface area contributed by atoms with E-state index in [1.165, 1.54) is 17.7 Å². The molecule has 110 valence electrons. The first-order valence-corrected chi connectivity index (χ1v) is 8.42. The molecule has 0 aliphatic carbocycles. The van der Waals surface area contributed by atoms with Crippen LogP contribution in [0.4, 0.5) is 17.6 Å². The lowest BCUT2D eigenvalue weighted by atomic mass is 10.3. The largest absolute Gasteiger partial charge is 0.341 e. The molecule has 21 heavy (non-hydrogen) atoms. The highest BCUT2D eigenvalue weighted by atomic mass is 35.5. The Morgan fingerprint density at radius 2 is 2.00 bits per heavy atom. The van der Waals surface area contributed by atoms with Gasteiger partial charge in [-0.3, -0.25) is 0 Å². The first kappa shape index (κ1) is 14.4. The lowest BCUT2D eigenvalue weighted by Gasteiger charge is -2.15. The summed E-state index contributed by atoms with van der Waals surface area (Å²) < 4.78 is 0. The summed E-state index contributed by atoms with van der Waals surface area (Å²) in [5.74, 6) is 1.13. The number of hydrogen-bond acceptors (Lipinski definition) is 6. The summed E-state index contributed by atoms with van der Waals surface area (Å²) in [6, 6.07) is 8.09. The third-order valence-corrected chi connectivity index (χ3v) is 4.21. The SMILES string of the molecule is CSc1cccc(Nc2nc(Cl)nc(N3CCCC3)n2)c1. The Morgan fingerprint density at radius 1 is 1.19 bits per heavy atom. The van der Waals surface area contributed by atoms with Crippen LogP contribution in [0.5, 0.6) is 0 Å². The van der Waals surface area contributed by atoms with E-state index in [1.54, 1.807) is 11.8 Å². The summed E-state index contributed by atoms with van der Waals surface area (Å²) in [7, 11) is 0. The van der Waals surface area contributed by atoms with Crippen LogP contribution in [-0.4, -0.2) is 34.3 Å². The molecule has 0 radical (unpaired) electrons. The van der Waals surface area contributed by atoms with Gasteiger partial charge in [-0.2, -0.15) is 15.0 Å². The molecule has 1 aromatic heterocycles. The van der Waals surface area contributed by atoms with E-state index in [4.69, 9.17) is 11.6 Å². The third kappa shape index (κ3) is 3.57. The Hall–Kier alpha value is -1.53. The standard InChI is InChI=1S/C14H16ClN5S/c1-21-11-6-4-5-10(9-11)16-13-17-12(15)18-14(19-13)20-7-2-3-8-20/h4-6,9H,2-3,7-8H2,1H3,(H,16,17,18,19). The maximum Gasteiger partial charge on any atom is 0.233 e. The fraction of sp³-hybridized carbons (Fsp3) is 0.357. The highest BCUT2D eigenvalue weighted by Gasteiger charge is 2.17. The average Bonchev–Trinajstić information content (AvgIpc) is 3.01.